The van der Waals surface area contributed by atoms with Crippen LogP contribution >= 0.6 is 0 Å². The number of rotatable bonds is 7. The molecule has 1 fully saturated rings. The number of anilines is 3. The summed E-state index contributed by atoms with van der Waals surface area (Å²) in [7, 11) is 0. The van der Waals surface area contributed by atoms with Crippen LogP contribution in [0.2, 0.25) is 0 Å². The molecule has 0 aromatic carbocycles. The standard InChI is InChI=1S/C20H28N8O/c1-2-15-13-25-28-17(22-10-14-11-23-20(21)24-12-14)9-18(26-19(15)28)27-7-4-3-5-16(27)6-8-29/h9,11-13,16,22,29H,2-8,10H2,1H3,(H2,21,23,24). The van der Waals surface area contributed by atoms with E-state index in [9.17, 15) is 5.11 Å². The van der Waals surface area contributed by atoms with Crippen molar-refractivity contribution in [1.29, 1.82) is 0 Å². The molecule has 1 aliphatic rings. The van der Waals surface area contributed by atoms with Gasteiger partial charge in [-0.1, -0.05) is 6.92 Å². The van der Waals surface area contributed by atoms with Crippen LogP contribution in [0.1, 0.15) is 43.7 Å². The lowest BCUT2D eigenvalue weighted by molar-refractivity contribution is 0.262. The fraction of sp³-hybridized carbons (Fsp3) is 0.500. The molecule has 0 spiro atoms. The molecule has 1 atom stereocenters. The summed E-state index contributed by atoms with van der Waals surface area (Å²) in [6.45, 7) is 3.81. The van der Waals surface area contributed by atoms with Gasteiger partial charge in [0.1, 0.15) is 11.6 Å². The average molecular weight is 396 g/mol. The van der Waals surface area contributed by atoms with Crippen molar-refractivity contribution >= 4 is 23.2 Å². The number of fused-ring (bicyclic) bond motifs is 1. The molecular formula is C20H28N8O. The molecule has 0 radical (unpaired) electrons. The maximum absolute atomic E-state index is 9.49. The minimum Gasteiger partial charge on any atom is -0.396 e. The van der Waals surface area contributed by atoms with Gasteiger partial charge in [-0.3, -0.25) is 0 Å². The van der Waals surface area contributed by atoms with Crippen LogP contribution in [0.25, 0.3) is 5.65 Å². The molecule has 3 aromatic rings. The Morgan fingerprint density at radius 2 is 2.07 bits per heavy atom. The molecular weight excluding hydrogens is 368 g/mol. The van der Waals surface area contributed by atoms with Gasteiger partial charge in [-0.15, -0.1) is 0 Å². The predicted molar refractivity (Wildman–Crippen MR) is 113 cm³/mol. The number of aryl methyl sites for hydroxylation is 1. The number of nitrogens with two attached hydrogens (primary N) is 1. The van der Waals surface area contributed by atoms with Crippen molar-refractivity contribution in [3.8, 4) is 0 Å². The molecule has 0 amide bonds. The average Bonchev–Trinajstić information content (AvgIpc) is 3.17. The number of aliphatic hydroxyl groups is 1. The quantitative estimate of drug-likeness (QED) is 0.555. The van der Waals surface area contributed by atoms with Gasteiger partial charge < -0.3 is 21.1 Å². The van der Waals surface area contributed by atoms with Gasteiger partial charge >= 0.3 is 0 Å². The van der Waals surface area contributed by atoms with Gasteiger partial charge in [0.25, 0.3) is 0 Å². The largest absolute Gasteiger partial charge is 0.396 e. The van der Waals surface area contributed by atoms with Gasteiger partial charge in [-0.2, -0.15) is 9.61 Å². The van der Waals surface area contributed by atoms with E-state index in [1.807, 2.05) is 16.8 Å². The van der Waals surface area contributed by atoms with Crippen molar-refractivity contribution in [1.82, 2.24) is 24.6 Å². The highest BCUT2D eigenvalue weighted by Gasteiger charge is 2.24. The van der Waals surface area contributed by atoms with Crippen LogP contribution in [0, 0.1) is 0 Å². The van der Waals surface area contributed by atoms with E-state index >= 15 is 0 Å². The van der Waals surface area contributed by atoms with Crippen molar-refractivity contribution in [2.75, 3.05) is 29.1 Å². The Balaban J connectivity index is 1.68. The zero-order chi connectivity index (χ0) is 20.2. The van der Waals surface area contributed by atoms with Crippen molar-refractivity contribution < 1.29 is 5.11 Å². The fourth-order valence-corrected chi connectivity index (χ4v) is 3.92. The number of piperidine rings is 1. The van der Waals surface area contributed by atoms with Crippen LogP contribution in [0.3, 0.4) is 0 Å². The summed E-state index contributed by atoms with van der Waals surface area (Å²) in [5, 5.41) is 17.5. The van der Waals surface area contributed by atoms with E-state index in [4.69, 9.17) is 10.7 Å². The summed E-state index contributed by atoms with van der Waals surface area (Å²) < 4.78 is 1.85. The van der Waals surface area contributed by atoms with Gasteiger partial charge in [0.2, 0.25) is 5.95 Å². The third-order valence-corrected chi connectivity index (χ3v) is 5.49. The lowest BCUT2D eigenvalue weighted by atomic mass is 9.99. The lowest BCUT2D eigenvalue weighted by Crippen LogP contribution is -2.40. The van der Waals surface area contributed by atoms with E-state index in [1.54, 1.807) is 12.4 Å². The molecule has 3 aromatic heterocycles. The first-order chi connectivity index (χ1) is 14.2. The van der Waals surface area contributed by atoms with Crippen LogP contribution in [0.5, 0.6) is 0 Å². The highest BCUT2D eigenvalue weighted by atomic mass is 16.3. The third-order valence-electron chi connectivity index (χ3n) is 5.49. The summed E-state index contributed by atoms with van der Waals surface area (Å²) in [6.07, 6.45) is 10.4. The maximum atomic E-state index is 9.49. The summed E-state index contributed by atoms with van der Waals surface area (Å²) in [5.41, 5.74) is 8.50. The first kappa shape index (κ1) is 19.4. The second-order valence-corrected chi connectivity index (χ2v) is 7.42. The Morgan fingerprint density at radius 1 is 1.24 bits per heavy atom. The number of aromatic nitrogens is 5. The van der Waals surface area contributed by atoms with Gasteiger partial charge in [0.05, 0.1) is 6.20 Å². The summed E-state index contributed by atoms with van der Waals surface area (Å²) in [5.74, 6) is 2.07. The number of nitrogen functional groups attached to an aromatic ring is 1. The van der Waals surface area contributed by atoms with Gasteiger partial charge in [-0.25, -0.2) is 15.0 Å². The summed E-state index contributed by atoms with van der Waals surface area (Å²) in [4.78, 5) is 15.4. The van der Waals surface area contributed by atoms with Crippen molar-refractivity contribution in [3.63, 3.8) is 0 Å². The van der Waals surface area contributed by atoms with E-state index in [0.717, 1.165) is 60.6 Å². The van der Waals surface area contributed by atoms with E-state index in [-0.39, 0.29) is 12.6 Å². The van der Waals surface area contributed by atoms with Gasteiger partial charge in [-0.05, 0) is 32.1 Å². The van der Waals surface area contributed by atoms with E-state index in [1.165, 1.54) is 6.42 Å². The van der Waals surface area contributed by atoms with E-state index in [0.29, 0.717) is 12.6 Å². The Labute approximate surface area is 170 Å². The molecule has 0 saturated carbocycles. The zero-order valence-electron chi connectivity index (χ0n) is 16.8. The first-order valence-electron chi connectivity index (χ1n) is 10.2. The summed E-state index contributed by atoms with van der Waals surface area (Å²) >= 11 is 0. The molecule has 4 rings (SSSR count). The van der Waals surface area contributed by atoms with Crippen LogP contribution in [0.15, 0.2) is 24.7 Å². The molecule has 154 valence electrons. The van der Waals surface area contributed by atoms with Crippen LogP contribution in [-0.4, -0.2) is 48.9 Å². The molecule has 4 N–H and O–H groups in total. The number of nitrogens with one attached hydrogen (secondary N) is 1. The van der Waals surface area contributed by atoms with E-state index in [2.05, 4.69) is 32.2 Å². The molecule has 0 bridgehead atoms. The lowest BCUT2D eigenvalue weighted by Gasteiger charge is -2.36. The monoisotopic (exact) mass is 396 g/mol. The van der Waals surface area contributed by atoms with Gasteiger partial charge in [0.15, 0.2) is 5.65 Å². The van der Waals surface area contributed by atoms with E-state index < -0.39 is 0 Å². The fourth-order valence-electron chi connectivity index (χ4n) is 3.92. The van der Waals surface area contributed by atoms with Crippen molar-refractivity contribution in [2.24, 2.45) is 0 Å². The molecule has 9 nitrogen and oxygen atoms in total. The Hall–Kier alpha value is -2.94. The molecule has 29 heavy (non-hydrogen) atoms. The van der Waals surface area contributed by atoms with Crippen LogP contribution in [-0.2, 0) is 13.0 Å². The molecule has 4 heterocycles. The molecule has 1 unspecified atom stereocenters. The maximum Gasteiger partial charge on any atom is 0.219 e. The van der Waals surface area contributed by atoms with Gasteiger partial charge in [0, 0.05) is 55.3 Å². The Morgan fingerprint density at radius 3 is 2.83 bits per heavy atom. The molecule has 1 saturated heterocycles. The molecule has 9 heteroatoms. The minimum absolute atomic E-state index is 0.193. The van der Waals surface area contributed by atoms with Crippen molar-refractivity contribution in [2.45, 2.75) is 51.6 Å². The number of hydrogen-bond donors (Lipinski definition) is 3. The Bertz CT molecular complexity index is 953. The highest BCUT2D eigenvalue weighted by molar-refractivity contribution is 5.61. The summed E-state index contributed by atoms with van der Waals surface area (Å²) in [6, 6.07) is 2.36. The molecule has 1 aliphatic heterocycles. The number of hydrogen-bond acceptors (Lipinski definition) is 8. The first-order valence-corrected chi connectivity index (χ1v) is 10.2. The van der Waals surface area contributed by atoms with Crippen LogP contribution < -0.4 is 16.0 Å². The van der Waals surface area contributed by atoms with Crippen molar-refractivity contribution in [3.05, 3.63) is 35.8 Å². The topological polar surface area (TPSA) is 117 Å². The predicted octanol–water partition coefficient (Wildman–Crippen LogP) is 2.02. The smallest absolute Gasteiger partial charge is 0.219 e. The second-order valence-electron chi connectivity index (χ2n) is 7.42. The number of nitrogens with zero attached hydrogens (tertiary/aromatic N) is 6. The second kappa shape index (κ2) is 8.60. The third kappa shape index (κ3) is 4.09. The number of aliphatic hydroxyl groups excluding tert-OH is 1. The Kier molecular flexibility index (Phi) is 5.75. The zero-order valence-corrected chi connectivity index (χ0v) is 16.8. The normalized spacial score (nSPS) is 17.0. The molecule has 0 aliphatic carbocycles. The minimum atomic E-state index is 0.193. The SMILES string of the molecule is CCc1cnn2c(NCc3cnc(N)nc3)cc(N3CCCCC3CCO)nc12. The van der Waals surface area contributed by atoms with Crippen LogP contribution in [0.4, 0.5) is 17.6 Å². The highest BCUT2D eigenvalue weighted by Crippen LogP contribution is 2.29.